The zero-order valence-electron chi connectivity index (χ0n) is 11.8. The van der Waals surface area contributed by atoms with Crippen LogP contribution in [0.1, 0.15) is 41.3 Å². The lowest BCUT2D eigenvalue weighted by molar-refractivity contribution is -0.131. The second kappa shape index (κ2) is 5.90. The zero-order valence-corrected chi connectivity index (χ0v) is 11.8. The molecule has 1 aliphatic heterocycles. The number of rotatable bonds is 3. The van der Waals surface area contributed by atoms with E-state index in [2.05, 4.69) is 0 Å². The molecule has 0 aliphatic carbocycles. The van der Waals surface area contributed by atoms with Gasteiger partial charge in [0.15, 0.2) is 0 Å². The van der Waals surface area contributed by atoms with Crippen LogP contribution in [-0.4, -0.2) is 35.0 Å². The normalized spacial score (nSPS) is 15.5. The number of aliphatic carboxylic acids is 1. The third kappa shape index (κ3) is 3.07. The van der Waals surface area contributed by atoms with Crippen molar-refractivity contribution in [3.05, 3.63) is 41.0 Å². The maximum atomic E-state index is 12.3. The molecule has 1 heterocycles. The molecule has 1 N–H and O–H groups in total. The number of aryl methyl sites for hydroxylation is 1. The van der Waals surface area contributed by atoms with E-state index in [4.69, 9.17) is 5.11 Å². The smallest absolute Gasteiger partial charge is 0.328 e. The van der Waals surface area contributed by atoms with Crippen LogP contribution in [0.5, 0.6) is 0 Å². The molecule has 0 radical (unpaired) electrons. The van der Waals surface area contributed by atoms with Crippen LogP contribution in [-0.2, 0) is 4.79 Å². The van der Waals surface area contributed by atoms with Gasteiger partial charge in [0, 0.05) is 24.7 Å². The van der Waals surface area contributed by atoms with E-state index in [9.17, 15) is 9.59 Å². The van der Waals surface area contributed by atoms with Crippen LogP contribution in [0.4, 0.5) is 0 Å². The topological polar surface area (TPSA) is 57.6 Å². The highest BCUT2D eigenvalue weighted by Gasteiger charge is 2.20. The van der Waals surface area contributed by atoms with Crippen molar-refractivity contribution in [3.8, 4) is 0 Å². The molecule has 0 atom stereocenters. The van der Waals surface area contributed by atoms with E-state index in [1.54, 1.807) is 13.0 Å². The van der Waals surface area contributed by atoms with E-state index in [0.29, 0.717) is 11.1 Å². The minimum atomic E-state index is -0.961. The molecule has 0 aromatic heterocycles. The Hall–Kier alpha value is -2.10. The monoisotopic (exact) mass is 273 g/mol. The average Bonchev–Trinajstić information content (AvgIpc) is 2.90. The lowest BCUT2D eigenvalue weighted by Crippen LogP contribution is -2.28. The summed E-state index contributed by atoms with van der Waals surface area (Å²) in [7, 11) is 0. The van der Waals surface area contributed by atoms with Gasteiger partial charge in [-0.1, -0.05) is 12.1 Å². The van der Waals surface area contributed by atoms with Crippen molar-refractivity contribution in [1.82, 2.24) is 4.90 Å². The Bertz CT molecular complexity index is 569. The van der Waals surface area contributed by atoms with Crippen molar-refractivity contribution in [3.63, 3.8) is 0 Å². The second-order valence-corrected chi connectivity index (χ2v) is 5.19. The maximum Gasteiger partial charge on any atom is 0.328 e. The van der Waals surface area contributed by atoms with Gasteiger partial charge in [-0.3, -0.25) is 4.79 Å². The molecule has 0 saturated carbocycles. The highest BCUT2D eigenvalue weighted by atomic mass is 16.4. The Labute approximate surface area is 118 Å². The average molecular weight is 273 g/mol. The number of allylic oxidation sites excluding steroid dienone is 1. The van der Waals surface area contributed by atoms with Crippen LogP contribution in [0.2, 0.25) is 0 Å². The van der Waals surface area contributed by atoms with E-state index >= 15 is 0 Å². The quantitative estimate of drug-likeness (QED) is 0.861. The van der Waals surface area contributed by atoms with Crippen LogP contribution < -0.4 is 0 Å². The summed E-state index contributed by atoms with van der Waals surface area (Å²) in [6.45, 7) is 5.31. The van der Waals surface area contributed by atoms with Gasteiger partial charge >= 0.3 is 5.97 Å². The van der Waals surface area contributed by atoms with E-state index in [1.807, 2.05) is 24.0 Å². The first-order chi connectivity index (χ1) is 9.49. The molecule has 1 aliphatic rings. The number of hydrogen-bond donors (Lipinski definition) is 1. The van der Waals surface area contributed by atoms with Crippen LogP contribution >= 0.6 is 0 Å². The Morgan fingerprint density at radius 1 is 1.25 bits per heavy atom. The van der Waals surface area contributed by atoms with Gasteiger partial charge in [0.05, 0.1) is 0 Å². The highest BCUT2D eigenvalue weighted by molar-refractivity contribution is 5.96. The summed E-state index contributed by atoms with van der Waals surface area (Å²) in [6, 6.07) is 5.48. The van der Waals surface area contributed by atoms with Crippen molar-refractivity contribution >= 4 is 17.4 Å². The van der Waals surface area contributed by atoms with Gasteiger partial charge < -0.3 is 10.0 Å². The number of carbonyl (C=O) groups excluding carboxylic acids is 1. The Morgan fingerprint density at radius 2 is 1.90 bits per heavy atom. The van der Waals surface area contributed by atoms with Gasteiger partial charge in [-0.25, -0.2) is 4.79 Å². The molecule has 106 valence electrons. The molecule has 0 bridgehead atoms. The molecule has 1 fully saturated rings. The largest absolute Gasteiger partial charge is 0.478 e. The van der Waals surface area contributed by atoms with Crippen molar-refractivity contribution in [2.75, 3.05) is 13.1 Å². The zero-order chi connectivity index (χ0) is 14.7. The molecular formula is C16H19NO3. The van der Waals surface area contributed by atoms with Crippen LogP contribution in [0, 0.1) is 6.92 Å². The summed E-state index contributed by atoms with van der Waals surface area (Å²) < 4.78 is 0. The fourth-order valence-corrected chi connectivity index (χ4v) is 2.51. The first kappa shape index (κ1) is 14.3. The molecule has 1 aromatic rings. The summed E-state index contributed by atoms with van der Waals surface area (Å²) in [5.41, 5.74) is 3.11. The van der Waals surface area contributed by atoms with E-state index in [1.165, 1.54) is 6.08 Å². The highest BCUT2D eigenvalue weighted by Crippen LogP contribution is 2.21. The summed E-state index contributed by atoms with van der Waals surface area (Å²) in [5, 5.41) is 8.76. The molecule has 2 rings (SSSR count). The minimum Gasteiger partial charge on any atom is -0.478 e. The molecule has 1 amide bonds. The number of carboxylic acid groups (broad SMARTS) is 1. The first-order valence-electron chi connectivity index (χ1n) is 6.80. The molecule has 0 spiro atoms. The number of carbonyl (C=O) groups is 2. The van der Waals surface area contributed by atoms with Crippen LogP contribution in [0.25, 0.3) is 5.57 Å². The van der Waals surface area contributed by atoms with Gasteiger partial charge in [-0.2, -0.15) is 0 Å². The third-order valence-electron chi connectivity index (χ3n) is 3.65. The number of carboxylic acids is 1. The number of amides is 1. The first-order valence-corrected chi connectivity index (χ1v) is 6.80. The summed E-state index contributed by atoms with van der Waals surface area (Å²) in [5.74, 6) is -0.885. The number of benzene rings is 1. The van der Waals surface area contributed by atoms with Crippen molar-refractivity contribution < 1.29 is 14.7 Å². The fourth-order valence-electron chi connectivity index (χ4n) is 2.51. The minimum absolute atomic E-state index is 0.0754. The van der Waals surface area contributed by atoms with E-state index < -0.39 is 5.97 Å². The Morgan fingerprint density at radius 3 is 2.45 bits per heavy atom. The van der Waals surface area contributed by atoms with Gasteiger partial charge in [-0.05, 0) is 49.5 Å². The van der Waals surface area contributed by atoms with Gasteiger partial charge in [-0.15, -0.1) is 0 Å². The van der Waals surface area contributed by atoms with Gasteiger partial charge in [0.2, 0.25) is 0 Å². The van der Waals surface area contributed by atoms with Gasteiger partial charge in [0.25, 0.3) is 5.91 Å². The van der Waals surface area contributed by atoms with Crippen molar-refractivity contribution in [1.29, 1.82) is 0 Å². The molecule has 4 nitrogen and oxygen atoms in total. The van der Waals surface area contributed by atoms with Crippen LogP contribution in [0.3, 0.4) is 0 Å². The summed E-state index contributed by atoms with van der Waals surface area (Å²) >= 11 is 0. The maximum absolute atomic E-state index is 12.3. The standard InChI is InChI=1S/C16H19NO3/c1-11(10-15(18)19)13-5-6-14(12(2)9-13)16(20)17-7-3-4-8-17/h5-6,9-10H,3-4,7-8H2,1-2H3,(H,18,19)/b11-10+. The predicted octanol–water partition coefficient (Wildman–Crippen LogP) is 2.72. The second-order valence-electron chi connectivity index (χ2n) is 5.19. The van der Waals surface area contributed by atoms with E-state index in [-0.39, 0.29) is 5.91 Å². The molecule has 4 heteroatoms. The van der Waals surface area contributed by atoms with Gasteiger partial charge in [0.1, 0.15) is 0 Å². The van der Waals surface area contributed by atoms with Crippen molar-refractivity contribution in [2.45, 2.75) is 26.7 Å². The fraction of sp³-hybridized carbons (Fsp3) is 0.375. The SMILES string of the molecule is C/C(=C\C(=O)O)c1ccc(C(=O)N2CCCC2)c(C)c1. The third-order valence-corrected chi connectivity index (χ3v) is 3.65. The van der Waals surface area contributed by atoms with Crippen molar-refractivity contribution in [2.24, 2.45) is 0 Å². The molecule has 20 heavy (non-hydrogen) atoms. The summed E-state index contributed by atoms with van der Waals surface area (Å²) in [4.78, 5) is 24.9. The Kier molecular flexibility index (Phi) is 4.23. The molecule has 1 saturated heterocycles. The lowest BCUT2D eigenvalue weighted by atomic mass is 10.00. The van der Waals surface area contributed by atoms with Crippen LogP contribution in [0.15, 0.2) is 24.3 Å². The Balaban J connectivity index is 2.25. The number of likely N-dealkylation sites (tertiary alicyclic amines) is 1. The lowest BCUT2D eigenvalue weighted by Gasteiger charge is -2.17. The molecule has 0 unspecified atom stereocenters. The molecule has 1 aromatic carbocycles. The number of hydrogen-bond acceptors (Lipinski definition) is 2. The molecular weight excluding hydrogens is 254 g/mol. The summed E-state index contributed by atoms with van der Waals surface area (Å²) in [6.07, 6.45) is 3.32. The number of nitrogens with zero attached hydrogens (tertiary/aromatic N) is 1. The predicted molar refractivity (Wildman–Crippen MR) is 77.6 cm³/mol. The van der Waals surface area contributed by atoms with E-state index in [0.717, 1.165) is 37.1 Å².